The zero-order valence-corrected chi connectivity index (χ0v) is 18.3. The van der Waals surface area contributed by atoms with E-state index in [1.807, 2.05) is 56.3 Å². The van der Waals surface area contributed by atoms with Crippen LogP contribution in [-0.2, 0) is 12.8 Å². The third-order valence-electron chi connectivity index (χ3n) is 5.59. The molecule has 2 aromatic carbocycles. The van der Waals surface area contributed by atoms with Crippen molar-refractivity contribution in [2.75, 3.05) is 5.32 Å². The molecule has 6 nitrogen and oxygen atoms in total. The molecule has 0 spiro atoms. The second-order valence-corrected chi connectivity index (χ2v) is 8.18. The highest BCUT2D eigenvalue weighted by molar-refractivity contribution is 5.64. The fraction of sp³-hybridized carbons (Fsp3) is 0.231. The van der Waals surface area contributed by atoms with Gasteiger partial charge in [0.1, 0.15) is 5.75 Å². The lowest BCUT2D eigenvalue weighted by molar-refractivity contribution is 0.439. The lowest BCUT2D eigenvalue weighted by Gasteiger charge is -2.16. The van der Waals surface area contributed by atoms with Gasteiger partial charge < -0.3 is 10.1 Å². The number of rotatable bonds is 5. The van der Waals surface area contributed by atoms with Gasteiger partial charge in [0, 0.05) is 28.7 Å². The molecular weight excluding hydrogens is 398 g/mol. The third kappa shape index (κ3) is 4.59. The number of aryl methyl sites for hydroxylation is 4. The molecule has 160 valence electrons. The standard InChI is InChI=1S/C26H25N5O/c1-17-14-18(2)28-26(27-17)32-23-9-5-8-22(16-23)29-25-13-12-24(30-31-25)21-11-10-19-6-3-4-7-20(19)15-21/h5,8-16H,3-4,6-7H2,1-2H3,(H,29,31). The Labute approximate surface area is 187 Å². The SMILES string of the molecule is Cc1cc(C)nc(Oc2cccc(Nc3ccc(-c4ccc5c(c4)CCCC5)nn3)c2)n1. The molecule has 5 rings (SSSR count). The summed E-state index contributed by atoms with van der Waals surface area (Å²) in [6, 6.07) is 20.5. The summed E-state index contributed by atoms with van der Waals surface area (Å²) >= 11 is 0. The van der Waals surface area contributed by atoms with E-state index in [0.717, 1.165) is 34.8 Å². The van der Waals surface area contributed by atoms with E-state index in [1.165, 1.54) is 30.4 Å². The van der Waals surface area contributed by atoms with Crippen LogP contribution in [0.1, 0.15) is 35.4 Å². The van der Waals surface area contributed by atoms with E-state index in [9.17, 15) is 0 Å². The maximum absolute atomic E-state index is 5.84. The molecule has 2 heterocycles. The first-order valence-corrected chi connectivity index (χ1v) is 11.0. The molecule has 1 N–H and O–H groups in total. The second kappa shape index (κ2) is 8.75. The quantitative estimate of drug-likeness (QED) is 0.427. The molecule has 0 bridgehead atoms. The van der Waals surface area contributed by atoms with Crippen molar-refractivity contribution < 1.29 is 4.74 Å². The van der Waals surface area contributed by atoms with Gasteiger partial charge in [0.05, 0.1) is 5.69 Å². The van der Waals surface area contributed by atoms with Gasteiger partial charge in [-0.3, -0.25) is 0 Å². The number of hydrogen-bond acceptors (Lipinski definition) is 6. The van der Waals surface area contributed by atoms with E-state index in [2.05, 4.69) is 43.7 Å². The average Bonchev–Trinajstić information content (AvgIpc) is 2.79. The molecule has 4 aromatic rings. The van der Waals surface area contributed by atoms with Gasteiger partial charge in [0.15, 0.2) is 5.82 Å². The summed E-state index contributed by atoms with van der Waals surface area (Å²) in [5.74, 6) is 1.32. The van der Waals surface area contributed by atoms with E-state index < -0.39 is 0 Å². The normalized spacial score (nSPS) is 12.8. The van der Waals surface area contributed by atoms with E-state index in [4.69, 9.17) is 4.74 Å². The summed E-state index contributed by atoms with van der Waals surface area (Å²) in [4.78, 5) is 8.66. The highest BCUT2D eigenvalue weighted by Crippen LogP contribution is 2.28. The van der Waals surface area contributed by atoms with Crippen molar-refractivity contribution in [1.29, 1.82) is 0 Å². The first-order valence-electron chi connectivity index (χ1n) is 11.0. The van der Waals surface area contributed by atoms with Gasteiger partial charge in [0.25, 0.3) is 0 Å². The van der Waals surface area contributed by atoms with Crippen LogP contribution >= 0.6 is 0 Å². The lowest BCUT2D eigenvalue weighted by Crippen LogP contribution is -2.03. The predicted octanol–water partition coefficient (Wildman–Crippen LogP) is 5.97. The molecule has 0 saturated carbocycles. The lowest BCUT2D eigenvalue weighted by atomic mass is 9.90. The van der Waals surface area contributed by atoms with Crippen LogP contribution in [0.25, 0.3) is 11.3 Å². The number of aromatic nitrogens is 4. The molecule has 32 heavy (non-hydrogen) atoms. The Kier molecular flexibility index (Phi) is 5.50. The van der Waals surface area contributed by atoms with Gasteiger partial charge in [-0.15, -0.1) is 10.2 Å². The molecule has 1 aliphatic carbocycles. The van der Waals surface area contributed by atoms with Gasteiger partial charge in [-0.25, -0.2) is 9.97 Å². The fourth-order valence-electron chi connectivity index (χ4n) is 4.08. The van der Waals surface area contributed by atoms with Crippen molar-refractivity contribution in [3.05, 3.63) is 83.2 Å². The molecule has 0 fully saturated rings. The maximum Gasteiger partial charge on any atom is 0.322 e. The Bertz CT molecular complexity index is 1230. The van der Waals surface area contributed by atoms with Crippen molar-refractivity contribution in [2.24, 2.45) is 0 Å². The summed E-state index contributed by atoms with van der Waals surface area (Å²) in [5.41, 5.74) is 7.51. The molecule has 0 unspecified atom stereocenters. The molecule has 0 aliphatic heterocycles. The van der Waals surface area contributed by atoms with Gasteiger partial charge in [-0.2, -0.15) is 0 Å². The molecule has 0 saturated heterocycles. The minimum Gasteiger partial charge on any atom is -0.424 e. The Hall–Kier alpha value is -3.80. The molecular formula is C26H25N5O. The zero-order chi connectivity index (χ0) is 21.9. The average molecular weight is 424 g/mol. The van der Waals surface area contributed by atoms with Crippen molar-refractivity contribution in [1.82, 2.24) is 20.2 Å². The number of benzene rings is 2. The Morgan fingerprint density at radius 3 is 2.38 bits per heavy atom. The summed E-state index contributed by atoms with van der Waals surface area (Å²) in [7, 11) is 0. The van der Waals surface area contributed by atoms with E-state index in [1.54, 1.807) is 0 Å². The zero-order valence-electron chi connectivity index (χ0n) is 18.3. The number of ether oxygens (including phenoxy) is 1. The van der Waals surface area contributed by atoms with Crippen LogP contribution in [0.4, 0.5) is 11.5 Å². The highest BCUT2D eigenvalue weighted by Gasteiger charge is 2.11. The molecule has 0 amide bonds. The van der Waals surface area contributed by atoms with Crippen LogP contribution in [0.15, 0.2) is 60.7 Å². The van der Waals surface area contributed by atoms with E-state index >= 15 is 0 Å². The van der Waals surface area contributed by atoms with Crippen molar-refractivity contribution >= 4 is 11.5 Å². The van der Waals surface area contributed by atoms with Crippen molar-refractivity contribution in [3.8, 4) is 23.0 Å². The number of anilines is 2. The summed E-state index contributed by atoms with van der Waals surface area (Å²) in [6.07, 6.45) is 4.89. The second-order valence-electron chi connectivity index (χ2n) is 8.18. The largest absolute Gasteiger partial charge is 0.424 e. The van der Waals surface area contributed by atoms with Crippen molar-refractivity contribution in [2.45, 2.75) is 39.5 Å². The number of fused-ring (bicyclic) bond motifs is 1. The predicted molar refractivity (Wildman–Crippen MR) is 125 cm³/mol. The monoisotopic (exact) mass is 423 g/mol. The van der Waals surface area contributed by atoms with Crippen LogP contribution in [-0.4, -0.2) is 20.2 Å². The fourth-order valence-corrected chi connectivity index (χ4v) is 4.08. The van der Waals surface area contributed by atoms with Gasteiger partial charge in [0.2, 0.25) is 0 Å². The number of hydrogen-bond donors (Lipinski definition) is 1. The summed E-state index contributed by atoms with van der Waals surface area (Å²) in [6.45, 7) is 3.85. The van der Waals surface area contributed by atoms with Crippen LogP contribution in [0, 0.1) is 13.8 Å². The van der Waals surface area contributed by atoms with E-state index in [-0.39, 0.29) is 0 Å². The highest BCUT2D eigenvalue weighted by atomic mass is 16.5. The minimum atomic E-state index is 0.342. The van der Waals surface area contributed by atoms with Crippen molar-refractivity contribution in [3.63, 3.8) is 0 Å². The molecule has 1 aliphatic rings. The van der Waals surface area contributed by atoms with Gasteiger partial charge in [-0.05, 0) is 87.1 Å². The molecule has 6 heteroatoms. The Morgan fingerprint density at radius 1 is 0.781 bits per heavy atom. The first-order chi connectivity index (χ1) is 15.6. The molecule has 0 radical (unpaired) electrons. The van der Waals surface area contributed by atoms with Crippen LogP contribution in [0.5, 0.6) is 11.8 Å². The molecule has 2 aromatic heterocycles. The minimum absolute atomic E-state index is 0.342. The Morgan fingerprint density at radius 2 is 1.59 bits per heavy atom. The summed E-state index contributed by atoms with van der Waals surface area (Å²) < 4.78 is 5.84. The van der Waals surface area contributed by atoms with Crippen LogP contribution in [0.2, 0.25) is 0 Å². The third-order valence-corrected chi connectivity index (χ3v) is 5.59. The number of nitrogens with zero attached hydrogens (tertiary/aromatic N) is 4. The first kappa shape index (κ1) is 20.1. The van der Waals surface area contributed by atoms with Gasteiger partial charge in [-0.1, -0.05) is 18.2 Å². The molecule has 0 atom stereocenters. The number of nitrogens with one attached hydrogen (secondary N) is 1. The smallest absolute Gasteiger partial charge is 0.322 e. The van der Waals surface area contributed by atoms with Crippen LogP contribution in [0.3, 0.4) is 0 Å². The van der Waals surface area contributed by atoms with E-state index in [0.29, 0.717) is 17.6 Å². The Balaban J connectivity index is 1.30. The summed E-state index contributed by atoms with van der Waals surface area (Å²) in [5, 5.41) is 12.1. The maximum atomic E-state index is 5.84. The topological polar surface area (TPSA) is 72.8 Å². The van der Waals surface area contributed by atoms with Gasteiger partial charge >= 0.3 is 6.01 Å². The van der Waals surface area contributed by atoms with Crippen LogP contribution < -0.4 is 10.1 Å².